The van der Waals surface area contributed by atoms with Crippen LogP contribution in [-0.2, 0) is 28.4 Å². The summed E-state index contributed by atoms with van der Waals surface area (Å²) in [4.78, 5) is 25.7. The van der Waals surface area contributed by atoms with Crippen LogP contribution in [0.3, 0.4) is 0 Å². The summed E-state index contributed by atoms with van der Waals surface area (Å²) < 4.78 is 37.0. The molecule has 0 unspecified atom stereocenters. The Bertz CT molecular complexity index is 1340. The largest absolute Gasteiger partial charge is 0.459 e. The monoisotopic (exact) mass is 566 g/mol. The Hall–Kier alpha value is -4.34. The molecule has 0 aliphatic carbocycles. The van der Waals surface area contributed by atoms with Gasteiger partial charge in [0, 0.05) is 11.1 Å². The predicted molar refractivity (Wildman–Crippen MR) is 151 cm³/mol. The highest BCUT2D eigenvalue weighted by atomic mass is 16.8. The van der Waals surface area contributed by atoms with Crippen molar-refractivity contribution in [1.82, 2.24) is 0 Å². The highest BCUT2D eigenvalue weighted by molar-refractivity contribution is 5.89. The zero-order chi connectivity index (χ0) is 28.7. The van der Waals surface area contributed by atoms with E-state index in [0.717, 1.165) is 11.1 Å². The number of benzene rings is 4. The molecular formula is C34H30O8. The smallest absolute Gasteiger partial charge is 0.338 e. The standard InChI is InChI=1S/C34H30O8/c35-31(23-13-5-1-6-14-23)37-21-27-29-30(42-33(39-27)25-17-9-3-10-18-25)28(22-38-32(36)24-15-7-2-8-16-24)40-34(41-29)26-19-11-4-12-20-26/h1-20,27-30,33-34H,21-22H2/t27-,28+,29-,30+,33-,34-/m0/s1. The molecule has 0 bridgehead atoms. The molecule has 0 spiro atoms. The van der Waals surface area contributed by atoms with Crippen LogP contribution in [0.15, 0.2) is 121 Å². The van der Waals surface area contributed by atoms with E-state index in [2.05, 4.69) is 0 Å². The van der Waals surface area contributed by atoms with Gasteiger partial charge in [-0.3, -0.25) is 0 Å². The van der Waals surface area contributed by atoms with Crippen LogP contribution >= 0.6 is 0 Å². The Morgan fingerprint density at radius 1 is 0.476 bits per heavy atom. The van der Waals surface area contributed by atoms with Crippen LogP contribution in [0.1, 0.15) is 44.4 Å². The van der Waals surface area contributed by atoms with E-state index in [1.807, 2.05) is 72.8 Å². The molecule has 4 aromatic rings. The maximum atomic E-state index is 12.8. The summed E-state index contributed by atoms with van der Waals surface area (Å²) in [5, 5.41) is 0. The van der Waals surface area contributed by atoms with Crippen LogP contribution in [0.2, 0.25) is 0 Å². The van der Waals surface area contributed by atoms with Crippen molar-refractivity contribution >= 4 is 11.9 Å². The minimum absolute atomic E-state index is 0.0837. The van der Waals surface area contributed by atoms with Gasteiger partial charge in [0.05, 0.1) is 11.1 Å². The number of hydrogen-bond donors (Lipinski definition) is 0. The zero-order valence-electron chi connectivity index (χ0n) is 22.7. The van der Waals surface area contributed by atoms with Gasteiger partial charge in [0.2, 0.25) is 0 Å². The molecule has 6 rings (SSSR count). The van der Waals surface area contributed by atoms with E-state index in [0.29, 0.717) is 11.1 Å². The molecule has 0 radical (unpaired) electrons. The van der Waals surface area contributed by atoms with E-state index in [-0.39, 0.29) is 13.2 Å². The van der Waals surface area contributed by atoms with Crippen LogP contribution in [0.5, 0.6) is 0 Å². The Morgan fingerprint density at radius 2 is 0.810 bits per heavy atom. The number of rotatable bonds is 8. The fourth-order valence-electron chi connectivity index (χ4n) is 5.01. The summed E-state index contributed by atoms with van der Waals surface area (Å²) in [6, 6.07) is 36.4. The topological polar surface area (TPSA) is 89.5 Å². The molecule has 2 heterocycles. The van der Waals surface area contributed by atoms with Crippen molar-refractivity contribution in [3.8, 4) is 0 Å². The van der Waals surface area contributed by atoms with E-state index in [1.165, 1.54) is 0 Å². The summed E-state index contributed by atoms with van der Waals surface area (Å²) in [7, 11) is 0. The normalized spacial score (nSPS) is 25.1. The van der Waals surface area contributed by atoms with Crippen LogP contribution in [0, 0.1) is 0 Å². The van der Waals surface area contributed by atoms with Gasteiger partial charge in [0.15, 0.2) is 12.6 Å². The Balaban J connectivity index is 1.27. The second-order valence-electron chi connectivity index (χ2n) is 9.96. The van der Waals surface area contributed by atoms with Gasteiger partial charge in [-0.25, -0.2) is 9.59 Å². The van der Waals surface area contributed by atoms with Crippen molar-refractivity contribution < 1.29 is 38.0 Å². The van der Waals surface area contributed by atoms with Crippen molar-refractivity contribution in [1.29, 1.82) is 0 Å². The first kappa shape index (κ1) is 27.8. The summed E-state index contributed by atoms with van der Waals surface area (Å²) in [6.45, 7) is -0.167. The second kappa shape index (κ2) is 13.1. The van der Waals surface area contributed by atoms with Crippen molar-refractivity contribution in [2.75, 3.05) is 13.2 Å². The molecule has 8 heteroatoms. The third-order valence-corrected chi connectivity index (χ3v) is 7.13. The van der Waals surface area contributed by atoms with Crippen molar-refractivity contribution in [3.63, 3.8) is 0 Å². The van der Waals surface area contributed by atoms with Crippen LogP contribution in [0.25, 0.3) is 0 Å². The van der Waals surface area contributed by atoms with Gasteiger partial charge in [0.1, 0.15) is 37.6 Å². The fraction of sp³-hybridized carbons (Fsp3) is 0.235. The number of fused-ring (bicyclic) bond motifs is 1. The fourth-order valence-corrected chi connectivity index (χ4v) is 5.01. The van der Waals surface area contributed by atoms with Crippen LogP contribution in [-0.4, -0.2) is 49.6 Å². The minimum Gasteiger partial charge on any atom is -0.459 e. The highest BCUT2D eigenvalue weighted by Crippen LogP contribution is 2.41. The number of carbonyl (C=O) groups is 2. The maximum absolute atomic E-state index is 12.8. The van der Waals surface area contributed by atoms with E-state index in [9.17, 15) is 9.59 Å². The highest BCUT2D eigenvalue weighted by Gasteiger charge is 2.51. The van der Waals surface area contributed by atoms with Crippen molar-refractivity contribution in [2.24, 2.45) is 0 Å². The van der Waals surface area contributed by atoms with Gasteiger partial charge in [-0.05, 0) is 24.3 Å². The third kappa shape index (κ3) is 6.42. The lowest BCUT2D eigenvalue weighted by Crippen LogP contribution is -2.60. The van der Waals surface area contributed by atoms with Crippen LogP contribution < -0.4 is 0 Å². The summed E-state index contributed by atoms with van der Waals surface area (Å²) >= 11 is 0. The molecule has 42 heavy (non-hydrogen) atoms. The first-order chi connectivity index (χ1) is 20.7. The number of ether oxygens (including phenoxy) is 6. The number of esters is 2. The summed E-state index contributed by atoms with van der Waals surface area (Å²) in [5.41, 5.74) is 2.42. The van der Waals surface area contributed by atoms with Crippen molar-refractivity contribution in [2.45, 2.75) is 37.0 Å². The van der Waals surface area contributed by atoms with Gasteiger partial charge in [-0.15, -0.1) is 0 Å². The Kier molecular flexibility index (Phi) is 8.67. The van der Waals surface area contributed by atoms with E-state index >= 15 is 0 Å². The Morgan fingerprint density at radius 3 is 1.17 bits per heavy atom. The van der Waals surface area contributed by atoms with Gasteiger partial charge in [-0.2, -0.15) is 0 Å². The Labute approximate surface area is 243 Å². The zero-order valence-corrected chi connectivity index (χ0v) is 22.7. The van der Waals surface area contributed by atoms with Gasteiger partial charge in [0.25, 0.3) is 0 Å². The molecule has 0 saturated carbocycles. The molecule has 2 aliphatic heterocycles. The maximum Gasteiger partial charge on any atom is 0.338 e. The first-order valence-electron chi connectivity index (χ1n) is 13.8. The average molecular weight is 567 g/mol. The summed E-state index contributed by atoms with van der Waals surface area (Å²) in [5.74, 6) is -0.947. The number of carbonyl (C=O) groups excluding carboxylic acids is 2. The molecule has 2 fully saturated rings. The lowest BCUT2D eigenvalue weighted by molar-refractivity contribution is -0.386. The third-order valence-electron chi connectivity index (χ3n) is 7.13. The molecule has 214 valence electrons. The van der Waals surface area contributed by atoms with E-state index in [4.69, 9.17) is 28.4 Å². The minimum atomic E-state index is -0.791. The van der Waals surface area contributed by atoms with E-state index in [1.54, 1.807) is 48.5 Å². The average Bonchev–Trinajstić information content (AvgIpc) is 3.07. The lowest BCUT2D eigenvalue weighted by atomic mass is 9.98. The summed E-state index contributed by atoms with van der Waals surface area (Å²) in [6.07, 6.45) is -4.39. The lowest BCUT2D eigenvalue weighted by Gasteiger charge is -2.48. The molecule has 2 saturated heterocycles. The second-order valence-corrected chi connectivity index (χ2v) is 9.96. The molecule has 0 N–H and O–H groups in total. The quantitative estimate of drug-likeness (QED) is 0.252. The number of hydrogen-bond acceptors (Lipinski definition) is 8. The molecular weight excluding hydrogens is 536 g/mol. The van der Waals surface area contributed by atoms with Gasteiger partial charge >= 0.3 is 11.9 Å². The molecule has 6 atom stereocenters. The van der Waals surface area contributed by atoms with Gasteiger partial charge in [-0.1, -0.05) is 97.1 Å². The molecule has 2 aliphatic rings. The van der Waals surface area contributed by atoms with Crippen LogP contribution in [0.4, 0.5) is 0 Å². The van der Waals surface area contributed by atoms with Crippen molar-refractivity contribution in [3.05, 3.63) is 144 Å². The predicted octanol–water partition coefficient (Wildman–Crippen LogP) is 5.67. The molecule has 0 aromatic heterocycles. The molecule has 0 amide bonds. The van der Waals surface area contributed by atoms with E-state index < -0.39 is 48.9 Å². The SMILES string of the molecule is O=C(OC[C@@H]1O[C@H](c2ccccc2)O[C@H]2[C@H]1O[C@@H](c1ccccc1)O[C@@H]2COC(=O)c1ccccc1)c1ccccc1. The van der Waals surface area contributed by atoms with Gasteiger partial charge < -0.3 is 28.4 Å². The first-order valence-corrected chi connectivity index (χ1v) is 13.8. The molecule has 4 aromatic carbocycles. The molecule has 8 nitrogen and oxygen atoms in total.